The van der Waals surface area contributed by atoms with Gasteiger partial charge in [-0.2, -0.15) is 0 Å². The maximum Gasteiger partial charge on any atom is 0.128 e. The quantitative estimate of drug-likeness (QED) is 0.636. The first-order chi connectivity index (χ1) is 5.68. The third kappa shape index (κ3) is 2.29. The van der Waals surface area contributed by atoms with Gasteiger partial charge in [-0.05, 0) is 26.2 Å². The number of aliphatic hydroxyl groups excluding tert-OH is 1. The normalized spacial score (nSPS) is 31.8. The van der Waals surface area contributed by atoms with Crippen LogP contribution in [0.5, 0.6) is 0 Å². The van der Waals surface area contributed by atoms with E-state index in [-0.39, 0.29) is 11.5 Å². The molecule has 0 aromatic rings. The van der Waals surface area contributed by atoms with E-state index in [0.29, 0.717) is 19.6 Å². The zero-order chi connectivity index (χ0) is 9.03. The summed E-state index contributed by atoms with van der Waals surface area (Å²) >= 11 is 0. The molecule has 0 amide bonds. The van der Waals surface area contributed by atoms with E-state index >= 15 is 0 Å². The molecule has 12 heavy (non-hydrogen) atoms. The summed E-state index contributed by atoms with van der Waals surface area (Å²) in [5.41, 5.74) is -0.295. The van der Waals surface area contributed by atoms with Crippen LogP contribution in [0.2, 0.25) is 0 Å². The smallest absolute Gasteiger partial charge is 0.128 e. The van der Waals surface area contributed by atoms with Crippen molar-refractivity contribution in [1.29, 1.82) is 0 Å². The van der Waals surface area contributed by atoms with E-state index in [1.54, 1.807) is 6.92 Å². The summed E-state index contributed by atoms with van der Waals surface area (Å²) in [4.78, 5) is 10.8. The standard InChI is InChI=1S/C9H16O3/c1-8(11)2-3-9(6-10)4-5-12-7-9/h6,8,11H,2-5,7H2,1H3. The first-order valence-corrected chi connectivity index (χ1v) is 4.41. The van der Waals surface area contributed by atoms with Gasteiger partial charge in [0.15, 0.2) is 0 Å². The second kappa shape index (κ2) is 4.01. The highest BCUT2D eigenvalue weighted by molar-refractivity contribution is 5.60. The van der Waals surface area contributed by atoms with Gasteiger partial charge in [-0.1, -0.05) is 0 Å². The Morgan fingerprint density at radius 3 is 2.92 bits per heavy atom. The molecule has 3 nitrogen and oxygen atoms in total. The SMILES string of the molecule is CC(O)CCC1(C=O)CCOC1. The predicted octanol–water partition coefficient (Wildman–Crippen LogP) is 0.753. The van der Waals surface area contributed by atoms with Crippen molar-refractivity contribution in [3.05, 3.63) is 0 Å². The molecule has 1 aliphatic heterocycles. The van der Waals surface area contributed by atoms with E-state index in [2.05, 4.69) is 0 Å². The fourth-order valence-electron chi connectivity index (χ4n) is 1.47. The lowest BCUT2D eigenvalue weighted by molar-refractivity contribution is -0.116. The number of aliphatic hydroxyl groups is 1. The lowest BCUT2D eigenvalue weighted by atomic mass is 9.83. The molecule has 70 valence electrons. The Kier molecular flexibility index (Phi) is 3.23. The first kappa shape index (κ1) is 9.68. The molecular weight excluding hydrogens is 156 g/mol. The average Bonchev–Trinajstić information content (AvgIpc) is 2.50. The van der Waals surface area contributed by atoms with Gasteiger partial charge in [0.2, 0.25) is 0 Å². The number of hydrogen-bond acceptors (Lipinski definition) is 3. The highest BCUT2D eigenvalue weighted by Gasteiger charge is 2.34. The third-order valence-electron chi connectivity index (χ3n) is 2.44. The van der Waals surface area contributed by atoms with Crippen LogP contribution >= 0.6 is 0 Å². The topological polar surface area (TPSA) is 46.5 Å². The molecule has 2 unspecified atom stereocenters. The minimum atomic E-state index is -0.317. The number of carbonyl (C=O) groups is 1. The average molecular weight is 172 g/mol. The van der Waals surface area contributed by atoms with E-state index in [1.807, 2.05) is 0 Å². The van der Waals surface area contributed by atoms with Crippen LogP contribution in [0, 0.1) is 5.41 Å². The summed E-state index contributed by atoms with van der Waals surface area (Å²) in [5.74, 6) is 0. The van der Waals surface area contributed by atoms with Crippen molar-refractivity contribution in [2.75, 3.05) is 13.2 Å². The highest BCUT2D eigenvalue weighted by Crippen LogP contribution is 2.31. The van der Waals surface area contributed by atoms with Crippen molar-refractivity contribution in [2.45, 2.75) is 32.3 Å². The molecule has 1 aliphatic rings. The molecule has 0 aromatic carbocycles. The third-order valence-corrected chi connectivity index (χ3v) is 2.44. The van der Waals surface area contributed by atoms with Crippen molar-refractivity contribution < 1.29 is 14.6 Å². The molecule has 2 atom stereocenters. The Labute approximate surface area is 72.7 Å². The number of hydrogen-bond donors (Lipinski definition) is 1. The van der Waals surface area contributed by atoms with Gasteiger partial charge in [-0.15, -0.1) is 0 Å². The molecule has 1 saturated heterocycles. The second-order valence-corrected chi connectivity index (χ2v) is 3.67. The molecule has 0 saturated carbocycles. The monoisotopic (exact) mass is 172 g/mol. The number of rotatable bonds is 4. The highest BCUT2D eigenvalue weighted by atomic mass is 16.5. The molecule has 0 aromatic heterocycles. The van der Waals surface area contributed by atoms with Crippen molar-refractivity contribution in [3.63, 3.8) is 0 Å². The first-order valence-electron chi connectivity index (χ1n) is 4.41. The zero-order valence-electron chi connectivity index (χ0n) is 7.45. The van der Waals surface area contributed by atoms with Gasteiger partial charge in [0.05, 0.1) is 18.1 Å². The Hall–Kier alpha value is -0.410. The molecule has 1 fully saturated rings. The van der Waals surface area contributed by atoms with Crippen molar-refractivity contribution in [2.24, 2.45) is 5.41 Å². The maximum atomic E-state index is 10.8. The van der Waals surface area contributed by atoms with Crippen LogP contribution in [0.4, 0.5) is 0 Å². The fourth-order valence-corrected chi connectivity index (χ4v) is 1.47. The zero-order valence-corrected chi connectivity index (χ0v) is 7.45. The van der Waals surface area contributed by atoms with Gasteiger partial charge < -0.3 is 14.6 Å². The summed E-state index contributed by atoms with van der Waals surface area (Å²) in [6.07, 6.45) is 2.91. The van der Waals surface area contributed by atoms with Gasteiger partial charge in [-0.25, -0.2) is 0 Å². The molecule has 0 aliphatic carbocycles. The van der Waals surface area contributed by atoms with E-state index in [0.717, 1.165) is 19.1 Å². The molecule has 1 heterocycles. The minimum Gasteiger partial charge on any atom is -0.393 e. The summed E-state index contributed by atoms with van der Waals surface area (Å²) in [6, 6.07) is 0. The summed E-state index contributed by atoms with van der Waals surface area (Å²) < 4.78 is 5.17. The van der Waals surface area contributed by atoms with Crippen molar-refractivity contribution in [1.82, 2.24) is 0 Å². The maximum absolute atomic E-state index is 10.8. The van der Waals surface area contributed by atoms with Gasteiger partial charge in [-0.3, -0.25) is 0 Å². The Morgan fingerprint density at radius 1 is 1.75 bits per heavy atom. The number of ether oxygens (including phenoxy) is 1. The fraction of sp³-hybridized carbons (Fsp3) is 0.889. The van der Waals surface area contributed by atoms with Crippen LogP contribution in [0.1, 0.15) is 26.2 Å². The van der Waals surface area contributed by atoms with Crippen LogP contribution in [0.25, 0.3) is 0 Å². The van der Waals surface area contributed by atoms with Crippen LogP contribution in [0.15, 0.2) is 0 Å². The molecule has 0 radical (unpaired) electrons. The minimum absolute atomic E-state index is 0.295. The van der Waals surface area contributed by atoms with Crippen LogP contribution < -0.4 is 0 Å². The van der Waals surface area contributed by atoms with Gasteiger partial charge in [0, 0.05) is 6.61 Å². The Bertz CT molecular complexity index is 148. The van der Waals surface area contributed by atoms with Gasteiger partial charge in [0.25, 0.3) is 0 Å². The molecule has 0 bridgehead atoms. The Balaban J connectivity index is 2.39. The summed E-state index contributed by atoms with van der Waals surface area (Å²) in [7, 11) is 0. The molecule has 1 N–H and O–H groups in total. The summed E-state index contributed by atoms with van der Waals surface area (Å²) in [5, 5.41) is 9.07. The largest absolute Gasteiger partial charge is 0.393 e. The van der Waals surface area contributed by atoms with E-state index < -0.39 is 0 Å². The van der Waals surface area contributed by atoms with Gasteiger partial charge >= 0.3 is 0 Å². The number of aldehydes is 1. The van der Waals surface area contributed by atoms with E-state index in [9.17, 15) is 4.79 Å². The summed E-state index contributed by atoms with van der Waals surface area (Å²) in [6.45, 7) is 2.95. The molecule has 1 rings (SSSR count). The van der Waals surface area contributed by atoms with Crippen LogP contribution in [-0.2, 0) is 9.53 Å². The predicted molar refractivity (Wildman–Crippen MR) is 44.8 cm³/mol. The molecular formula is C9H16O3. The van der Waals surface area contributed by atoms with Gasteiger partial charge in [0.1, 0.15) is 6.29 Å². The van der Waals surface area contributed by atoms with E-state index in [1.165, 1.54) is 0 Å². The van der Waals surface area contributed by atoms with Crippen LogP contribution in [-0.4, -0.2) is 30.7 Å². The molecule has 3 heteroatoms. The Morgan fingerprint density at radius 2 is 2.50 bits per heavy atom. The van der Waals surface area contributed by atoms with Crippen molar-refractivity contribution >= 4 is 6.29 Å². The second-order valence-electron chi connectivity index (χ2n) is 3.67. The lowest BCUT2D eigenvalue weighted by Gasteiger charge is -2.20. The number of carbonyl (C=O) groups excluding carboxylic acids is 1. The van der Waals surface area contributed by atoms with E-state index in [4.69, 9.17) is 9.84 Å². The van der Waals surface area contributed by atoms with Crippen LogP contribution in [0.3, 0.4) is 0 Å². The van der Waals surface area contributed by atoms with Crippen molar-refractivity contribution in [3.8, 4) is 0 Å². The lowest BCUT2D eigenvalue weighted by Crippen LogP contribution is -2.24. The molecule has 0 spiro atoms.